The number of carbonyl (C=O) groups excluding carboxylic acids is 1. The summed E-state index contributed by atoms with van der Waals surface area (Å²) in [4.78, 5) is 12.4. The van der Waals surface area contributed by atoms with E-state index in [4.69, 9.17) is 4.74 Å². The summed E-state index contributed by atoms with van der Waals surface area (Å²) in [6.45, 7) is 16.7. The van der Waals surface area contributed by atoms with Crippen LogP contribution in [0.25, 0.3) is 0 Å². The van der Waals surface area contributed by atoms with Crippen LogP contribution in [0.2, 0.25) is 0 Å². The molecule has 0 unspecified atom stereocenters. The Morgan fingerprint density at radius 3 is 2.00 bits per heavy atom. The number of carbonyl (C=O) groups is 1. The summed E-state index contributed by atoms with van der Waals surface area (Å²) in [6, 6.07) is 0. The zero-order chi connectivity index (χ0) is 19.1. The predicted molar refractivity (Wildman–Crippen MR) is 96.7 cm³/mol. The first-order chi connectivity index (χ1) is 11.3. The standard InChI is InChI=1S/C21H34O4/c1-10-11(2)21(8)12(3)20(10,7)15-13(17(23)18(24)16(15)21)9-14(22)25-19(4,5)6/h12-13,15-18,23-24H,9H2,1-8H3/t12-,13-,15-,16-,17-,18+,20-,21-/m1/s1. The Bertz CT molecular complexity index is 630. The molecule has 25 heavy (non-hydrogen) atoms. The van der Waals surface area contributed by atoms with Crippen LogP contribution in [-0.2, 0) is 9.53 Å². The normalized spacial score (nSPS) is 48.9. The highest BCUT2D eigenvalue weighted by atomic mass is 16.6. The number of aliphatic hydroxyl groups excluding tert-OH is 2. The summed E-state index contributed by atoms with van der Waals surface area (Å²) in [5.74, 6) is -0.0512. The van der Waals surface area contributed by atoms with Crippen molar-refractivity contribution in [2.45, 2.75) is 79.6 Å². The van der Waals surface area contributed by atoms with E-state index < -0.39 is 17.8 Å². The summed E-state index contributed by atoms with van der Waals surface area (Å²) in [6.07, 6.45) is -1.48. The fraction of sp³-hybridized carbons (Fsp3) is 0.857. The summed E-state index contributed by atoms with van der Waals surface area (Å²) in [5, 5.41) is 21.7. The van der Waals surface area contributed by atoms with Gasteiger partial charge in [-0.2, -0.15) is 0 Å². The van der Waals surface area contributed by atoms with Crippen LogP contribution in [0, 0.1) is 34.5 Å². The van der Waals surface area contributed by atoms with Crippen molar-refractivity contribution in [1.29, 1.82) is 0 Å². The minimum Gasteiger partial charge on any atom is -0.460 e. The van der Waals surface area contributed by atoms with Crippen molar-refractivity contribution in [2.24, 2.45) is 34.5 Å². The third-order valence-corrected chi connectivity index (χ3v) is 8.19. The molecule has 3 aliphatic rings. The maximum atomic E-state index is 12.4. The van der Waals surface area contributed by atoms with E-state index in [-0.39, 0.29) is 41.0 Å². The van der Waals surface area contributed by atoms with Crippen molar-refractivity contribution in [1.82, 2.24) is 0 Å². The second-order valence-electron chi connectivity index (χ2n) is 10.0. The number of hydrogen-bond acceptors (Lipinski definition) is 4. The largest absolute Gasteiger partial charge is 0.460 e. The van der Waals surface area contributed by atoms with Crippen LogP contribution in [0.3, 0.4) is 0 Å². The molecule has 0 aromatic rings. The molecule has 0 aromatic carbocycles. The number of rotatable bonds is 2. The Labute approximate surface area is 151 Å². The molecule has 0 aromatic heterocycles. The van der Waals surface area contributed by atoms with Crippen LogP contribution in [-0.4, -0.2) is 34.0 Å². The van der Waals surface area contributed by atoms with E-state index >= 15 is 0 Å². The molecule has 4 heteroatoms. The van der Waals surface area contributed by atoms with Crippen LogP contribution in [0.1, 0.15) is 61.8 Å². The highest BCUT2D eigenvalue weighted by molar-refractivity contribution is 5.70. The molecule has 0 heterocycles. The first kappa shape index (κ1) is 18.9. The van der Waals surface area contributed by atoms with E-state index in [0.29, 0.717) is 5.92 Å². The van der Waals surface area contributed by atoms with Crippen LogP contribution in [0.15, 0.2) is 11.1 Å². The molecule has 2 fully saturated rings. The third kappa shape index (κ3) is 2.22. The van der Waals surface area contributed by atoms with Gasteiger partial charge in [0, 0.05) is 11.8 Å². The average molecular weight is 350 g/mol. The van der Waals surface area contributed by atoms with Crippen molar-refractivity contribution in [3.63, 3.8) is 0 Å². The molecule has 0 radical (unpaired) electrons. The molecule has 3 aliphatic carbocycles. The second kappa shape index (κ2) is 5.32. The van der Waals surface area contributed by atoms with E-state index in [9.17, 15) is 15.0 Å². The Kier molecular flexibility index (Phi) is 4.03. The highest BCUT2D eigenvalue weighted by Gasteiger charge is 2.74. The van der Waals surface area contributed by atoms with E-state index in [2.05, 4.69) is 34.6 Å². The van der Waals surface area contributed by atoms with Gasteiger partial charge >= 0.3 is 5.97 Å². The molecule has 0 aliphatic heterocycles. The average Bonchev–Trinajstić information content (AvgIpc) is 2.88. The SMILES string of the molecule is CC1=C(C)[C@@]2(C)[C@H]3[C@H](O)[C@H](O)[C@H](CC(=O)OC(C)(C)C)[C@H]3[C@@]1(C)[C@H]2C. The molecule has 3 rings (SSSR count). The highest BCUT2D eigenvalue weighted by Crippen LogP contribution is 2.76. The fourth-order valence-corrected chi connectivity index (χ4v) is 6.68. The molecule has 0 spiro atoms. The van der Waals surface area contributed by atoms with Crippen LogP contribution < -0.4 is 0 Å². The van der Waals surface area contributed by atoms with Gasteiger partial charge in [0.1, 0.15) is 5.60 Å². The summed E-state index contributed by atoms with van der Waals surface area (Å²) < 4.78 is 5.50. The molecular formula is C21H34O4. The van der Waals surface area contributed by atoms with Gasteiger partial charge in [-0.25, -0.2) is 0 Å². The summed E-state index contributed by atoms with van der Waals surface area (Å²) in [7, 11) is 0. The third-order valence-electron chi connectivity index (χ3n) is 8.19. The molecule has 2 N–H and O–H groups in total. The van der Waals surface area contributed by atoms with E-state index in [1.165, 1.54) is 11.1 Å². The maximum absolute atomic E-state index is 12.4. The fourth-order valence-electron chi connectivity index (χ4n) is 6.68. The van der Waals surface area contributed by atoms with Crippen molar-refractivity contribution in [3.8, 4) is 0 Å². The Morgan fingerprint density at radius 1 is 1.04 bits per heavy atom. The van der Waals surface area contributed by atoms with E-state index in [0.717, 1.165) is 0 Å². The number of ether oxygens (including phenoxy) is 1. The number of allylic oxidation sites excluding steroid dienone is 2. The van der Waals surface area contributed by atoms with Gasteiger partial charge in [0.15, 0.2) is 0 Å². The van der Waals surface area contributed by atoms with Gasteiger partial charge in [0.25, 0.3) is 0 Å². The van der Waals surface area contributed by atoms with E-state index in [1.807, 2.05) is 20.8 Å². The lowest BCUT2D eigenvalue weighted by atomic mass is 9.64. The zero-order valence-electron chi connectivity index (χ0n) is 16.9. The van der Waals surface area contributed by atoms with Gasteiger partial charge in [-0.3, -0.25) is 4.79 Å². The van der Waals surface area contributed by atoms with Gasteiger partial charge in [0.2, 0.25) is 0 Å². The zero-order valence-corrected chi connectivity index (χ0v) is 16.9. The van der Waals surface area contributed by atoms with Crippen molar-refractivity contribution in [2.75, 3.05) is 0 Å². The summed E-state index contributed by atoms with van der Waals surface area (Å²) >= 11 is 0. The Hall–Kier alpha value is -0.870. The molecule has 142 valence electrons. The smallest absolute Gasteiger partial charge is 0.306 e. The maximum Gasteiger partial charge on any atom is 0.306 e. The first-order valence-electron chi connectivity index (χ1n) is 9.54. The van der Waals surface area contributed by atoms with Gasteiger partial charge in [-0.15, -0.1) is 0 Å². The van der Waals surface area contributed by atoms with Crippen molar-refractivity contribution in [3.05, 3.63) is 11.1 Å². The van der Waals surface area contributed by atoms with Gasteiger partial charge in [-0.1, -0.05) is 31.9 Å². The number of fused-ring (bicyclic) bond motifs is 5. The number of esters is 1. The van der Waals surface area contributed by atoms with Crippen LogP contribution >= 0.6 is 0 Å². The lowest BCUT2D eigenvalue weighted by Gasteiger charge is -2.40. The predicted octanol–water partition coefficient (Wildman–Crippen LogP) is 3.31. The topological polar surface area (TPSA) is 66.8 Å². The van der Waals surface area contributed by atoms with Crippen LogP contribution in [0.4, 0.5) is 0 Å². The molecule has 2 saturated carbocycles. The quantitative estimate of drug-likeness (QED) is 0.592. The Morgan fingerprint density at radius 2 is 1.52 bits per heavy atom. The number of aliphatic hydroxyl groups is 2. The molecule has 8 atom stereocenters. The van der Waals surface area contributed by atoms with Gasteiger partial charge in [-0.05, 0) is 57.3 Å². The molecule has 0 amide bonds. The minimum absolute atomic E-state index is 0.00126. The summed E-state index contributed by atoms with van der Waals surface area (Å²) in [5.41, 5.74) is 1.98. The molecule has 0 saturated heterocycles. The van der Waals surface area contributed by atoms with Gasteiger partial charge in [0.05, 0.1) is 18.6 Å². The van der Waals surface area contributed by atoms with Crippen molar-refractivity contribution < 1.29 is 19.7 Å². The van der Waals surface area contributed by atoms with Crippen LogP contribution in [0.5, 0.6) is 0 Å². The molecule has 2 bridgehead atoms. The molecular weight excluding hydrogens is 316 g/mol. The molecule has 4 nitrogen and oxygen atoms in total. The second-order valence-corrected chi connectivity index (χ2v) is 10.0. The monoisotopic (exact) mass is 350 g/mol. The Balaban J connectivity index is 1.98. The minimum atomic E-state index is -0.868. The van der Waals surface area contributed by atoms with Gasteiger partial charge < -0.3 is 14.9 Å². The number of hydrogen-bond donors (Lipinski definition) is 2. The first-order valence-corrected chi connectivity index (χ1v) is 9.54. The van der Waals surface area contributed by atoms with E-state index in [1.54, 1.807) is 0 Å². The lowest BCUT2D eigenvalue weighted by Crippen LogP contribution is -2.38. The lowest BCUT2D eigenvalue weighted by molar-refractivity contribution is -0.157. The van der Waals surface area contributed by atoms with Crippen molar-refractivity contribution >= 4 is 5.97 Å².